The number of ether oxygens (including phenoxy) is 2. The highest BCUT2D eigenvalue weighted by molar-refractivity contribution is 6.31. The third-order valence-corrected chi connectivity index (χ3v) is 3.22. The van der Waals surface area contributed by atoms with Crippen molar-refractivity contribution in [3.63, 3.8) is 0 Å². The highest BCUT2D eigenvalue weighted by atomic mass is 35.5. The summed E-state index contributed by atoms with van der Waals surface area (Å²) in [6, 6.07) is 8.21. The number of nitrogens with zero attached hydrogens (tertiary/aromatic N) is 1. The lowest BCUT2D eigenvalue weighted by Gasteiger charge is -2.10. The molecule has 2 aromatic rings. The van der Waals surface area contributed by atoms with E-state index in [2.05, 4.69) is 15.3 Å². The Kier molecular flexibility index (Phi) is 6.13. The van der Waals surface area contributed by atoms with Gasteiger partial charge in [0.05, 0.1) is 18.9 Å². The number of benzene rings is 2. The fourth-order valence-electron chi connectivity index (χ4n) is 1.88. The Labute approximate surface area is 146 Å². The van der Waals surface area contributed by atoms with E-state index in [-0.39, 0.29) is 27.8 Å². The van der Waals surface area contributed by atoms with Gasteiger partial charge in [0, 0.05) is 5.02 Å². The SMILES string of the molecule is COc1ccc(/C=N\NC(=O)c2cc(Cl)ccc2O)cc1OC(F)F. The van der Waals surface area contributed by atoms with Crippen molar-refractivity contribution >= 4 is 23.7 Å². The standard InChI is InChI=1S/C16H13ClF2N2O4/c1-24-13-5-2-9(6-14(13)25-16(18)19)8-20-21-15(23)11-7-10(17)3-4-12(11)22/h2-8,16,22H,1H3,(H,21,23)/b20-8-. The van der Waals surface area contributed by atoms with Gasteiger partial charge in [-0.3, -0.25) is 4.79 Å². The number of carbonyl (C=O) groups is 1. The quantitative estimate of drug-likeness (QED) is 0.603. The van der Waals surface area contributed by atoms with Crippen LogP contribution in [0.25, 0.3) is 0 Å². The van der Waals surface area contributed by atoms with Gasteiger partial charge in [0.2, 0.25) is 0 Å². The Hall–Kier alpha value is -2.87. The summed E-state index contributed by atoms with van der Waals surface area (Å²) in [5.41, 5.74) is 2.52. The second-order valence-electron chi connectivity index (χ2n) is 4.65. The molecule has 2 rings (SSSR count). The van der Waals surface area contributed by atoms with Crippen molar-refractivity contribution in [2.24, 2.45) is 5.10 Å². The second-order valence-corrected chi connectivity index (χ2v) is 5.09. The summed E-state index contributed by atoms with van der Waals surface area (Å²) in [6.45, 7) is -3.01. The lowest BCUT2D eigenvalue weighted by Crippen LogP contribution is -2.17. The largest absolute Gasteiger partial charge is 0.507 e. The van der Waals surface area contributed by atoms with Gasteiger partial charge < -0.3 is 14.6 Å². The minimum absolute atomic E-state index is 0.0545. The number of hydrazone groups is 1. The number of aromatic hydroxyl groups is 1. The molecular weight excluding hydrogens is 358 g/mol. The van der Waals surface area contributed by atoms with E-state index < -0.39 is 12.5 Å². The Balaban J connectivity index is 2.11. The molecule has 0 aliphatic carbocycles. The molecule has 0 fully saturated rings. The predicted molar refractivity (Wildman–Crippen MR) is 87.8 cm³/mol. The molecule has 0 atom stereocenters. The van der Waals surface area contributed by atoms with E-state index in [0.717, 1.165) is 0 Å². The van der Waals surface area contributed by atoms with Crippen molar-refractivity contribution in [1.29, 1.82) is 0 Å². The highest BCUT2D eigenvalue weighted by Gasteiger charge is 2.12. The zero-order valence-corrected chi connectivity index (χ0v) is 13.6. The van der Waals surface area contributed by atoms with E-state index in [4.69, 9.17) is 16.3 Å². The smallest absolute Gasteiger partial charge is 0.387 e. The van der Waals surface area contributed by atoms with E-state index in [0.29, 0.717) is 5.56 Å². The van der Waals surface area contributed by atoms with Gasteiger partial charge in [-0.2, -0.15) is 13.9 Å². The summed E-state index contributed by atoms with van der Waals surface area (Å²) in [6.07, 6.45) is 1.22. The van der Waals surface area contributed by atoms with E-state index in [1.807, 2.05) is 0 Å². The number of phenolic OH excluding ortho intramolecular Hbond substituents is 1. The maximum absolute atomic E-state index is 12.4. The lowest BCUT2D eigenvalue weighted by atomic mass is 10.2. The molecule has 0 heterocycles. The van der Waals surface area contributed by atoms with Gasteiger partial charge in [-0.25, -0.2) is 5.43 Å². The zero-order chi connectivity index (χ0) is 18.4. The number of rotatable bonds is 6. The molecule has 6 nitrogen and oxygen atoms in total. The first-order valence-electron chi connectivity index (χ1n) is 6.85. The van der Waals surface area contributed by atoms with Crippen molar-refractivity contribution in [1.82, 2.24) is 5.43 Å². The highest BCUT2D eigenvalue weighted by Crippen LogP contribution is 2.29. The van der Waals surface area contributed by atoms with Crippen molar-refractivity contribution in [3.8, 4) is 17.2 Å². The fraction of sp³-hybridized carbons (Fsp3) is 0.125. The second kappa shape index (κ2) is 8.29. The molecular formula is C16H13ClF2N2O4. The van der Waals surface area contributed by atoms with Crippen molar-refractivity contribution in [3.05, 3.63) is 52.5 Å². The minimum atomic E-state index is -3.01. The summed E-state index contributed by atoms with van der Waals surface area (Å²) in [5, 5.41) is 13.6. The summed E-state index contributed by atoms with van der Waals surface area (Å²) in [4.78, 5) is 11.9. The summed E-state index contributed by atoms with van der Waals surface area (Å²) in [7, 11) is 1.32. The Morgan fingerprint density at radius 1 is 1.28 bits per heavy atom. The van der Waals surface area contributed by atoms with Gasteiger partial charge in [-0.1, -0.05) is 11.6 Å². The molecule has 0 aromatic heterocycles. The third-order valence-electron chi connectivity index (χ3n) is 2.99. The van der Waals surface area contributed by atoms with Crippen LogP contribution in [-0.4, -0.2) is 30.9 Å². The number of phenols is 1. The first-order valence-corrected chi connectivity index (χ1v) is 7.23. The Morgan fingerprint density at radius 2 is 2.04 bits per heavy atom. The monoisotopic (exact) mass is 370 g/mol. The molecule has 2 aromatic carbocycles. The van der Waals surface area contributed by atoms with Crippen LogP contribution in [0.4, 0.5) is 8.78 Å². The topological polar surface area (TPSA) is 80.2 Å². The van der Waals surface area contributed by atoms with Gasteiger partial charge in [-0.15, -0.1) is 0 Å². The molecule has 25 heavy (non-hydrogen) atoms. The fourth-order valence-corrected chi connectivity index (χ4v) is 2.05. The average Bonchev–Trinajstić information content (AvgIpc) is 2.56. The molecule has 0 aliphatic heterocycles. The maximum Gasteiger partial charge on any atom is 0.387 e. The first kappa shape index (κ1) is 18.5. The average molecular weight is 371 g/mol. The molecule has 2 N–H and O–H groups in total. The molecule has 0 saturated heterocycles. The number of hydrogen-bond donors (Lipinski definition) is 2. The predicted octanol–water partition coefficient (Wildman–Crippen LogP) is 3.42. The number of hydrogen-bond acceptors (Lipinski definition) is 5. The van der Waals surface area contributed by atoms with E-state index in [1.165, 1.54) is 49.7 Å². The van der Waals surface area contributed by atoms with Gasteiger partial charge >= 0.3 is 6.61 Å². The molecule has 0 unspecified atom stereocenters. The third kappa shape index (κ3) is 5.05. The number of amides is 1. The molecule has 132 valence electrons. The molecule has 0 bridgehead atoms. The van der Waals surface area contributed by atoms with Crippen LogP contribution in [0.3, 0.4) is 0 Å². The maximum atomic E-state index is 12.4. The van der Waals surface area contributed by atoms with E-state index >= 15 is 0 Å². The van der Waals surface area contributed by atoms with Crippen LogP contribution in [0.2, 0.25) is 5.02 Å². The molecule has 0 aliphatic rings. The lowest BCUT2D eigenvalue weighted by molar-refractivity contribution is -0.0512. The first-order chi connectivity index (χ1) is 11.9. The van der Waals surface area contributed by atoms with Crippen molar-refractivity contribution in [2.45, 2.75) is 6.61 Å². The number of nitrogens with one attached hydrogen (secondary N) is 1. The molecule has 0 radical (unpaired) electrons. The number of carbonyl (C=O) groups excluding carboxylic acids is 1. The summed E-state index contributed by atoms with van der Waals surface area (Å²) < 4.78 is 34.0. The zero-order valence-electron chi connectivity index (χ0n) is 12.9. The van der Waals surface area contributed by atoms with Crippen molar-refractivity contribution in [2.75, 3.05) is 7.11 Å². The van der Waals surface area contributed by atoms with Crippen LogP contribution in [0.5, 0.6) is 17.2 Å². The number of halogens is 3. The van der Waals surface area contributed by atoms with Crippen LogP contribution in [-0.2, 0) is 0 Å². The summed E-state index contributed by atoms with van der Waals surface area (Å²) >= 11 is 5.76. The molecule has 0 spiro atoms. The Bertz CT molecular complexity index is 800. The van der Waals surface area contributed by atoms with Crippen LogP contribution in [0.1, 0.15) is 15.9 Å². The number of alkyl halides is 2. The normalized spacial score (nSPS) is 10.9. The van der Waals surface area contributed by atoms with Crippen LogP contribution in [0.15, 0.2) is 41.5 Å². The number of methoxy groups -OCH3 is 1. The molecule has 0 saturated carbocycles. The van der Waals surface area contributed by atoms with Crippen LogP contribution >= 0.6 is 11.6 Å². The van der Waals surface area contributed by atoms with E-state index in [1.54, 1.807) is 0 Å². The van der Waals surface area contributed by atoms with Crippen LogP contribution < -0.4 is 14.9 Å². The van der Waals surface area contributed by atoms with Gasteiger partial charge in [0.25, 0.3) is 5.91 Å². The Morgan fingerprint density at radius 3 is 2.72 bits per heavy atom. The molecule has 9 heteroatoms. The van der Waals surface area contributed by atoms with Gasteiger partial charge in [-0.05, 0) is 42.0 Å². The minimum Gasteiger partial charge on any atom is -0.507 e. The van der Waals surface area contributed by atoms with Gasteiger partial charge in [0.15, 0.2) is 11.5 Å². The molecule has 1 amide bonds. The van der Waals surface area contributed by atoms with Gasteiger partial charge in [0.1, 0.15) is 5.75 Å². The van der Waals surface area contributed by atoms with Crippen LogP contribution in [0, 0.1) is 0 Å². The summed E-state index contributed by atoms with van der Waals surface area (Å²) in [5.74, 6) is -0.978. The van der Waals surface area contributed by atoms with Crippen molar-refractivity contribution < 1.29 is 28.2 Å². The van der Waals surface area contributed by atoms with E-state index in [9.17, 15) is 18.7 Å².